The van der Waals surface area contributed by atoms with E-state index in [9.17, 15) is 0 Å². The zero-order valence-electron chi connectivity index (χ0n) is 13.0. The van der Waals surface area contributed by atoms with Crippen molar-refractivity contribution in [1.82, 2.24) is 20.1 Å². The average Bonchev–Trinajstić information content (AvgIpc) is 2.93. The molecular formula is C14H19N5O2S2. The number of thiocarbonyl (C=S) groups is 1. The molecule has 9 heteroatoms. The van der Waals surface area contributed by atoms with Crippen LogP contribution in [0.4, 0.5) is 5.95 Å². The molecule has 2 aromatic rings. The van der Waals surface area contributed by atoms with Gasteiger partial charge in [-0.3, -0.25) is 0 Å². The van der Waals surface area contributed by atoms with Crippen LogP contribution >= 0.6 is 24.0 Å². The fraction of sp³-hybridized carbons (Fsp3) is 0.357. The molecular weight excluding hydrogens is 334 g/mol. The van der Waals surface area contributed by atoms with Crippen molar-refractivity contribution < 1.29 is 9.47 Å². The van der Waals surface area contributed by atoms with E-state index in [1.807, 2.05) is 24.5 Å². The molecule has 0 radical (unpaired) electrons. The molecule has 1 aromatic heterocycles. The second kappa shape index (κ2) is 8.59. The maximum Gasteiger partial charge on any atom is 0.222 e. The fourth-order valence-electron chi connectivity index (χ4n) is 1.91. The van der Waals surface area contributed by atoms with Crippen LogP contribution in [0.2, 0.25) is 0 Å². The number of benzene rings is 1. The van der Waals surface area contributed by atoms with Gasteiger partial charge in [-0.2, -0.15) is 9.67 Å². The molecule has 0 amide bonds. The number of nitrogens with one attached hydrogen (secondary N) is 1. The molecule has 0 saturated heterocycles. The first kappa shape index (κ1) is 17.4. The third kappa shape index (κ3) is 4.73. The summed E-state index contributed by atoms with van der Waals surface area (Å²) >= 11 is 6.16. The van der Waals surface area contributed by atoms with Crippen LogP contribution in [-0.4, -0.2) is 40.2 Å². The predicted octanol–water partition coefficient (Wildman–Crippen LogP) is 1.72. The van der Waals surface area contributed by atoms with Crippen molar-refractivity contribution in [1.29, 1.82) is 0 Å². The zero-order chi connectivity index (χ0) is 16.7. The number of aromatic nitrogens is 3. The Labute approximate surface area is 144 Å². The van der Waals surface area contributed by atoms with Crippen LogP contribution in [0.25, 0.3) is 0 Å². The van der Waals surface area contributed by atoms with E-state index in [0.717, 1.165) is 18.5 Å². The van der Waals surface area contributed by atoms with E-state index in [1.54, 1.807) is 7.11 Å². The summed E-state index contributed by atoms with van der Waals surface area (Å²) in [7, 11) is 1.61. The van der Waals surface area contributed by atoms with Crippen molar-refractivity contribution in [2.75, 3.05) is 25.6 Å². The molecule has 0 atom stereocenters. The minimum atomic E-state index is 0.168. The minimum Gasteiger partial charge on any atom is -0.493 e. The second-order valence-corrected chi connectivity index (χ2v) is 5.55. The smallest absolute Gasteiger partial charge is 0.222 e. The number of nitrogens with zero attached hydrogens (tertiary/aromatic N) is 3. The first-order valence-corrected chi connectivity index (χ1v) is 8.58. The molecule has 3 N–H and O–H groups in total. The van der Waals surface area contributed by atoms with Crippen molar-refractivity contribution >= 4 is 35.4 Å². The summed E-state index contributed by atoms with van der Waals surface area (Å²) in [6, 6.07) is 5.80. The van der Waals surface area contributed by atoms with E-state index in [-0.39, 0.29) is 6.73 Å². The van der Waals surface area contributed by atoms with Gasteiger partial charge in [-0.05, 0) is 30.4 Å². The van der Waals surface area contributed by atoms with E-state index in [4.69, 9.17) is 27.4 Å². The molecule has 0 aliphatic carbocycles. The first-order chi connectivity index (χ1) is 11.2. The lowest BCUT2D eigenvalue weighted by Gasteiger charge is -2.12. The molecule has 0 aliphatic heterocycles. The Kier molecular flexibility index (Phi) is 6.48. The van der Waals surface area contributed by atoms with Gasteiger partial charge in [-0.15, -0.1) is 5.10 Å². The summed E-state index contributed by atoms with van der Waals surface area (Å²) in [6.07, 6.45) is 2.73. The Morgan fingerprint density at radius 3 is 2.91 bits per heavy atom. The van der Waals surface area contributed by atoms with Crippen LogP contribution < -0.4 is 20.5 Å². The van der Waals surface area contributed by atoms with E-state index < -0.39 is 0 Å². The average molecular weight is 353 g/mol. The van der Waals surface area contributed by atoms with Crippen LogP contribution in [0.15, 0.2) is 23.4 Å². The summed E-state index contributed by atoms with van der Waals surface area (Å²) in [5.74, 6) is 1.60. The molecule has 23 heavy (non-hydrogen) atoms. The molecule has 1 aromatic carbocycles. The molecule has 0 aliphatic rings. The number of nitrogen functional groups attached to an aromatic ring is 1. The van der Waals surface area contributed by atoms with Crippen molar-refractivity contribution in [3.63, 3.8) is 0 Å². The van der Waals surface area contributed by atoms with Crippen LogP contribution in [0.3, 0.4) is 0 Å². The number of thioether (sulfide) groups is 1. The number of ether oxygens (including phenoxy) is 2. The van der Waals surface area contributed by atoms with E-state index >= 15 is 0 Å². The maximum atomic E-state index is 5.79. The number of hydrogen-bond acceptors (Lipinski definition) is 7. The topological polar surface area (TPSA) is 87.2 Å². The normalized spacial score (nSPS) is 10.3. The van der Waals surface area contributed by atoms with Gasteiger partial charge in [0.05, 0.1) is 12.6 Å². The highest BCUT2D eigenvalue weighted by Crippen LogP contribution is 2.28. The number of methoxy groups -OCH3 is 1. The number of hydrogen-bond donors (Lipinski definition) is 2. The SMILES string of the molecule is COc1cc(CCNC=S)ccc1OCn1nc(SC)nc1N. The molecule has 124 valence electrons. The van der Waals surface area contributed by atoms with Gasteiger partial charge in [0.25, 0.3) is 0 Å². The standard InChI is InChI=1S/C14H19N5O2S2/c1-20-12-7-10(5-6-16-8-22)3-4-11(12)21-9-19-13(15)17-14(18-19)23-2/h3-4,7-8H,5-6,9H2,1-2H3,(H,16,22)(H2,15,17,18). The summed E-state index contributed by atoms with van der Waals surface area (Å²) in [6.45, 7) is 0.946. The van der Waals surface area contributed by atoms with Gasteiger partial charge in [0.15, 0.2) is 18.2 Å². The summed E-state index contributed by atoms with van der Waals surface area (Å²) in [5, 5.41) is 7.83. The molecule has 0 unspecified atom stereocenters. The Morgan fingerprint density at radius 2 is 2.26 bits per heavy atom. The van der Waals surface area contributed by atoms with Gasteiger partial charge >= 0.3 is 0 Å². The Balaban J connectivity index is 2.03. The summed E-state index contributed by atoms with van der Waals surface area (Å²) < 4.78 is 12.6. The second-order valence-electron chi connectivity index (χ2n) is 4.54. The van der Waals surface area contributed by atoms with Gasteiger partial charge in [0.2, 0.25) is 11.1 Å². The van der Waals surface area contributed by atoms with E-state index in [1.165, 1.54) is 21.9 Å². The Bertz CT molecular complexity index is 663. The van der Waals surface area contributed by atoms with Crippen molar-refractivity contribution in [3.05, 3.63) is 23.8 Å². The fourth-order valence-corrected chi connectivity index (χ4v) is 2.39. The third-order valence-electron chi connectivity index (χ3n) is 3.08. The van der Waals surface area contributed by atoms with E-state index in [2.05, 4.69) is 15.4 Å². The number of nitrogens with two attached hydrogens (primary N) is 1. The molecule has 0 saturated carbocycles. The number of rotatable bonds is 9. The molecule has 1 heterocycles. The van der Waals surface area contributed by atoms with E-state index in [0.29, 0.717) is 22.6 Å². The van der Waals surface area contributed by atoms with Gasteiger partial charge in [-0.25, -0.2) is 0 Å². The molecule has 7 nitrogen and oxygen atoms in total. The van der Waals surface area contributed by atoms with Gasteiger partial charge < -0.3 is 20.5 Å². The van der Waals surface area contributed by atoms with Crippen LogP contribution in [0.1, 0.15) is 5.56 Å². The highest BCUT2D eigenvalue weighted by atomic mass is 32.2. The predicted molar refractivity (Wildman–Crippen MR) is 95.2 cm³/mol. The Hall–Kier alpha value is -2.00. The summed E-state index contributed by atoms with van der Waals surface area (Å²) in [5.41, 5.74) is 8.43. The van der Waals surface area contributed by atoms with Gasteiger partial charge in [0, 0.05) is 6.54 Å². The largest absolute Gasteiger partial charge is 0.493 e. The van der Waals surface area contributed by atoms with Crippen LogP contribution in [0.5, 0.6) is 11.5 Å². The van der Waals surface area contributed by atoms with Crippen molar-refractivity contribution in [3.8, 4) is 11.5 Å². The van der Waals surface area contributed by atoms with Crippen molar-refractivity contribution in [2.45, 2.75) is 18.3 Å². The summed E-state index contributed by atoms with van der Waals surface area (Å²) in [4.78, 5) is 4.10. The maximum absolute atomic E-state index is 5.79. The Morgan fingerprint density at radius 1 is 1.43 bits per heavy atom. The lowest BCUT2D eigenvalue weighted by Crippen LogP contribution is -2.13. The van der Waals surface area contributed by atoms with Crippen molar-refractivity contribution in [2.24, 2.45) is 0 Å². The third-order valence-corrected chi connectivity index (χ3v) is 3.78. The first-order valence-electron chi connectivity index (χ1n) is 6.89. The quantitative estimate of drug-likeness (QED) is 0.400. The molecule has 0 fully saturated rings. The number of anilines is 1. The van der Waals surface area contributed by atoms with Gasteiger partial charge in [-0.1, -0.05) is 30.0 Å². The van der Waals surface area contributed by atoms with Gasteiger partial charge in [0.1, 0.15) is 0 Å². The zero-order valence-corrected chi connectivity index (χ0v) is 14.6. The molecule has 2 rings (SSSR count). The molecule has 0 spiro atoms. The highest BCUT2D eigenvalue weighted by molar-refractivity contribution is 7.98. The molecule has 0 bridgehead atoms. The van der Waals surface area contributed by atoms with Crippen LogP contribution in [0, 0.1) is 0 Å². The lowest BCUT2D eigenvalue weighted by atomic mass is 10.1. The lowest BCUT2D eigenvalue weighted by molar-refractivity contribution is 0.212. The minimum absolute atomic E-state index is 0.168. The highest BCUT2D eigenvalue weighted by Gasteiger charge is 2.09. The van der Waals surface area contributed by atoms with Crippen LogP contribution in [-0.2, 0) is 13.2 Å². The monoisotopic (exact) mass is 353 g/mol.